The zero-order valence-corrected chi connectivity index (χ0v) is 18.4. The lowest BCUT2D eigenvalue weighted by Crippen LogP contribution is -2.45. The first kappa shape index (κ1) is 22.7. The van der Waals surface area contributed by atoms with Crippen LogP contribution >= 0.6 is 0 Å². The molecule has 1 aliphatic rings. The van der Waals surface area contributed by atoms with Gasteiger partial charge in [0.25, 0.3) is 5.89 Å². The zero-order chi connectivity index (χ0) is 22.1. The standard InChI is InChI=1S/C25H31N3O3/c1-4-10-21(11-5-2)25-26-23(27-31-25)18-28-15-14-20(6-3)22(17-28)30-24(29)16-19-12-8-7-9-13-19/h4-5,7-13,20,22H,1,6,14-18H2,2-3H3/b11-5-,21-10+/t20?,22-/m0/s1. The maximum absolute atomic E-state index is 12.5. The van der Waals surface area contributed by atoms with Crippen molar-refractivity contribution in [1.29, 1.82) is 0 Å². The van der Waals surface area contributed by atoms with Crippen LogP contribution in [0.25, 0.3) is 5.57 Å². The van der Waals surface area contributed by atoms with Gasteiger partial charge in [-0.25, -0.2) is 0 Å². The fourth-order valence-corrected chi connectivity index (χ4v) is 3.89. The van der Waals surface area contributed by atoms with Gasteiger partial charge in [-0.3, -0.25) is 9.69 Å². The van der Waals surface area contributed by atoms with Crippen LogP contribution in [0.1, 0.15) is 44.0 Å². The van der Waals surface area contributed by atoms with Gasteiger partial charge in [0.2, 0.25) is 0 Å². The molecule has 0 bridgehead atoms. The van der Waals surface area contributed by atoms with Crippen LogP contribution in [0.3, 0.4) is 0 Å². The summed E-state index contributed by atoms with van der Waals surface area (Å²) in [4.78, 5) is 19.3. The van der Waals surface area contributed by atoms with Crippen molar-refractivity contribution in [2.45, 2.75) is 45.8 Å². The molecule has 2 aromatic rings. The predicted molar refractivity (Wildman–Crippen MR) is 121 cm³/mol. The van der Waals surface area contributed by atoms with Gasteiger partial charge in [-0.15, -0.1) is 0 Å². The molecule has 1 saturated heterocycles. The summed E-state index contributed by atoms with van der Waals surface area (Å²) in [6.07, 6.45) is 9.51. The smallest absolute Gasteiger partial charge is 0.310 e. The topological polar surface area (TPSA) is 68.5 Å². The number of nitrogens with zero attached hydrogens (tertiary/aromatic N) is 3. The van der Waals surface area contributed by atoms with Gasteiger partial charge in [0.1, 0.15) is 6.10 Å². The third kappa shape index (κ3) is 6.49. The molecule has 1 fully saturated rings. The van der Waals surface area contributed by atoms with E-state index in [1.807, 2.05) is 55.5 Å². The zero-order valence-electron chi connectivity index (χ0n) is 18.4. The molecule has 31 heavy (non-hydrogen) atoms. The van der Waals surface area contributed by atoms with Crippen molar-refractivity contribution in [1.82, 2.24) is 15.0 Å². The van der Waals surface area contributed by atoms with Crippen LogP contribution in [-0.4, -0.2) is 40.2 Å². The number of ether oxygens (including phenoxy) is 1. The fourth-order valence-electron chi connectivity index (χ4n) is 3.89. The number of hydrogen-bond acceptors (Lipinski definition) is 6. The summed E-state index contributed by atoms with van der Waals surface area (Å²) in [5.74, 6) is 1.29. The maximum Gasteiger partial charge on any atom is 0.310 e. The molecule has 0 radical (unpaired) electrons. The summed E-state index contributed by atoms with van der Waals surface area (Å²) < 4.78 is 11.3. The van der Waals surface area contributed by atoms with Crippen LogP contribution in [0.15, 0.2) is 65.7 Å². The highest BCUT2D eigenvalue weighted by molar-refractivity contribution is 5.72. The summed E-state index contributed by atoms with van der Waals surface area (Å²) in [5.41, 5.74) is 1.80. The van der Waals surface area contributed by atoms with Crippen molar-refractivity contribution in [2.24, 2.45) is 5.92 Å². The number of aromatic nitrogens is 2. The number of rotatable bonds is 9. The molecule has 6 heteroatoms. The number of carbonyl (C=O) groups is 1. The van der Waals surface area contributed by atoms with Crippen molar-refractivity contribution in [2.75, 3.05) is 13.1 Å². The minimum atomic E-state index is -0.177. The molecule has 2 heterocycles. The second-order valence-corrected chi connectivity index (χ2v) is 7.76. The van der Waals surface area contributed by atoms with Gasteiger partial charge in [0, 0.05) is 12.1 Å². The molecule has 164 valence electrons. The summed E-state index contributed by atoms with van der Waals surface area (Å²) >= 11 is 0. The van der Waals surface area contributed by atoms with E-state index >= 15 is 0 Å². The molecule has 3 rings (SSSR count). The average Bonchev–Trinajstić information content (AvgIpc) is 3.23. The van der Waals surface area contributed by atoms with Crippen molar-refractivity contribution in [3.63, 3.8) is 0 Å². The summed E-state index contributed by atoms with van der Waals surface area (Å²) in [7, 11) is 0. The van der Waals surface area contributed by atoms with E-state index in [1.54, 1.807) is 6.08 Å². The fraction of sp³-hybridized carbons (Fsp3) is 0.400. The minimum Gasteiger partial charge on any atom is -0.460 e. The molecule has 1 aliphatic heterocycles. The molecule has 0 spiro atoms. The van der Waals surface area contributed by atoms with Crippen molar-refractivity contribution >= 4 is 11.5 Å². The number of hydrogen-bond donors (Lipinski definition) is 0. The number of esters is 1. The van der Waals surface area contributed by atoms with Crippen LogP contribution in [0, 0.1) is 5.92 Å². The Morgan fingerprint density at radius 1 is 1.35 bits per heavy atom. The van der Waals surface area contributed by atoms with Gasteiger partial charge < -0.3 is 9.26 Å². The largest absolute Gasteiger partial charge is 0.460 e. The first-order valence-electron chi connectivity index (χ1n) is 10.9. The van der Waals surface area contributed by atoms with Gasteiger partial charge in [0.05, 0.1) is 13.0 Å². The van der Waals surface area contributed by atoms with E-state index in [1.165, 1.54) is 0 Å². The highest BCUT2D eigenvalue weighted by Gasteiger charge is 2.31. The number of benzene rings is 1. The molecule has 0 N–H and O–H groups in total. The van der Waals surface area contributed by atoms with Crippen LogP contribution in [-0.2, 0) is 22.5 Å². The Morgan fingerprint density at radius 2 is 2.16 bits per heavy atom. The van der Waals surface area contributed by atoms with E-state index in [9.17, 15) is 4.79 Å². The SMILES string of the molecule is C=C/C=C(\C=C/C)c1nc(CN2CCC(CC)[C@@H](OC(=O)Cc3ccccc3)C2)no1. The molecular formula is C25H31N3O3. The Labute approximate surface area is 184 Å². The van der Waals surface area contributed by atoms with E-state index < -0.39 is 0 Å². The Morgan fingerprint density at radius 3 is 2.87 bits per heavy atom. The van der Waals surface area contributed by atoms with Gasteiger partial charge >= 0.3 is 5.97 Å². The Balaban J connectivity index is 1.61. The van der Waals surface area contributed by atoms with Crippen molar-refractivity contribution < 1.29 is 14.1 Å². The van der Waals surface area contributed by atoms with Gasteiger partial charge in [-0.1, -0.05) is 73.3 Å². The van der Waals surface area contributed by atoms with Crippen molar-refractivity contribution in [3.05, 3.63) is 78.5 Å². The first-order valence-corrected chi connectivity index (χ1v) is 10.9. The molecule has 0 amide bonds. The highest BCUT2D eigenvalue weighted by atomic mass is 16.5. The first-order chi connectivity index (χ1) is 15.1. The highest BCUT2D eigenvalue weighted by Crippen LogP contribution is 2.25. The molecule has 0 saturated carbocycles. The monoisotopic (exact) mass is 421 g/mol. The molecule has 1 unspecified atom stereocenters. The van der Waals surface area contributed by atoms with E-state index in [-0.39, 0.29) is 12.1 Å². The maximum atomic E-state index is 12.5. The summed E-state index contributed by atoms with van der Waals surface area (Å²) in [6.45, 7) is 9.97. The van der Waals surface area contributed by atoms with E-state index in [2.05, 4.69) is 28.5 Å². The summed E-state index contributed by atoms with van der Waals surface area (Å²) in [5, 5.41) is 4.13. The lowest BCUT2D eigenvalue weighted by Gasteiger charge is -2.37. The number of allylic oxidation sites excluding steroid dienone is 5. The Bertz CT molecular complexity index is 917. The third-order valence-corrected chi connectivity index (χ3v) is 5.50. The molecule has 1 aromatic heterocycles. The molecule has 0 aliphatic carbocycles. The number of carbonyl (C=O) groups excluding carboxylic acids is 1. The van der Waals surface area contributed by atoms with Crippen LogP contribution in [0.2, 0.25) is 0 Å². The predicted octanol–water partition coefficient (Wildman–Crippen LogP) is 4.60. The van der Waals surface area contributed by atoms with Gasteiger partial charge in [0.15, 0.2) is 5.82 Å². The Hall–Kier alpha value is -2.99. The quantitative estimate of drug-likeness (QED) is 0.435. The normalized spacial score (nSPS) is 20.1. The molecule has 1 aromatic carbocycles. The van der Waals surface area contributed by atoms with E-state index in [0.29, 0.717) is 37.1 Å². The van der Waals surface area contributed by atoms with E-state index in [4.69, 9.17) is 9.26 Å². The lowest BCUT2D eigenvalue weighted by atomic mass is 9.91. The number of piperidine rings is 1. The molecular weight excluding hydrogens is 390 g/mol. The Kier molecular flexibility index (Phi) is 8.35. The third-order valence-electron chi connectivity index (χ3n) is 5.50. The number of likely N-dealkylation sites (tertiary alicyclic amines) is 1. The molecule has 6 nitrogen and oxygen atoms in total. The average molecular weight is 422 g/mol. The lowest BCUT2D eigenvalue weighted by molar-refractivity contribution is -0.154. The van der Waals surface area contributed by atoms with Crippen LogP contribution in [0.5, 0.6) is 0 Å². The van der Waals surface area contributed by atoms with Gasteiger partial charge in [-0.2, -0.15) is 4.98 Å². The summed E-state index contributed by atoms with van der Waals surface area (Å²) in [6, 6.07) is 9.71. The van der Waals surface area contributed by atoms with Crippen LogP contribution in [0.4, 0.5) is 0 Å². The second-order valence-electron chi connectivity index (χ2n) is 7.76. The van der Waals surface area contributed by atoms with Gasteiger partial charge in [-0.05, 0) is 37.8 Å². The minimum absolute atomic E-state index is 0.124. The van der Waals surface area contributed by atoms with Crippen LogP contribution < -0.4 is 0 Å². The van der Waals surface area contributed by atoms with Crippen molar-refractivity contribution in [3.8, 4) is 0 Å². The second kappa shape index (κ2) is 11.4. The van der Waals surface area contributed by atoms with E-state index in [0.717, 1.165) is 30.5 Å². The molecule has 2 atom stereocenters.